The predicted molar refractivity (Wildman–Crippen MR) is 143 cm³/mol. The van der Waals surface area contributed by atoms with Crippen LogP contribution in [0.3, 0.4) is 0 Å². The maximum absolute atomic E-state index is 14.0. The number of rotatable bonds is 5. The molecule has 0 radical (unpaired) electrons. The van der Waals surface area contributed by atoms with Gasteiger partial charge in [-0.15, -0.1) is 0 Å². The zero-order valence-corrected chi connectivity index (χ0v) is 22.2. The van der Waals surface area contributed by atoms with Gasteiger partial charge in [-0.1, -0.05) is 42.0 Å². The number of amides is 1. The van der Waals surface area contributed by atoms with Gasteiger partial charge in [0.15, 0.2) is 17.0 Å². The van der Waals surface area contributed by atoms with E-state index in [2.05, 4.69) is 26.6 Å². The molecule has 5 rings (SSSR count). The van der Waals surface area contributed by atoms with Gasteiger partial charge >= 0.3 is 6.18 Å². The van der Waals surface area contributed by atoms with E-state index in [1.54, 1.807) is 23.7 Å². The number of carbonyl (C=O) groups is 1. The van der Waals surface area contributed by atoms with Gasteiger partial charge in [-0.05, 0) is 63.4 Å². The number of hydrogen-bond donors (Lipinski definition) is 1. The summed E-state index contributed by atoms with van der Waals surface area (Å²) in [6.07, 6.45) is -4.71. The number of alkyl halides is 3. The van der Waals surface area contributed by atoms with Gasteiger partial charge in [0.2, 0.25) is 0 Å². The van der Waals surface area contributed by atoms with Gasteiger partial charge in [-0.2, -0.15) is 23.4 Å². The Bertz CT molecular complexity index is 1730. The fourth-order valence-electron chi connectivity index (χ4n) is 4.53. The van der Waals surface area contributed by atoms with Crippen LogP contribution in [0.4, 0.5) is 18.9 Å². The number of carbonyl (C=O) groups excluding carboxylic acids is 1. The Labute approximate surface area is 223 Å². The highest BCUT2D eigenvalue weighted by Gasteiger charge is 2.36. The maximum Gasteiger partial charge on any atom is 0.433 e. The molecule has 10 heteroatoms. The number of aromatic nitrogens is 5. The van der Waals surface area contributed by atoms with Crippen molar-refractivity contribution in [3.63, 3.8) is 0 Å². The average Bonchev–Trinajstić information content (AvgIpc) is 3.41. The van der Waals surface area contributed by atoms with E-state index in [-0.39, 0.29) is 17.0 Å². The van der Waals surface area contributed by atoms with E-state index in [1.807, 2.05) is 52.0 Å². The molecule has 0 unspecified atom stereocenters. The summed E-state index contributed by atoms with van der Waals surface area (Å²) < 4.78 is 44.5. The van der Waals surface area contributed by atoms with Gasteiger partial charge in [0, 0.05) is 11.6 Å². The smallest absolute Gasteiger partial charge is 0.317 e. The first-order valence-electron chi connectivity index (χ1n) is 12.4. The predicted octanol–water partition coefficient (Wildman–Crippen LogP) is 6.45. The summed E-state index contributed by atoms with van der Waals surface area (Å²) in [5.74, 6) is -0.650. The number of nitrogens with one attached hydrogen (secondary N) is 1. The second-order valence-electron chi connectivity index (χ2n) is 9.77. The van der Waals surface area contributed by atoms with Crippen LogP contribution in [0, 0.1) is 34.6 Å². The third kappa shape index (κ3) is 5.14. The van der Waals surface area contributed by atoms with Crippen molar-refractivity contribution in [2.75, 3.05) is 5.32 Å². The van der Waals surface area contributed by atoms with E-state index >= 15 is 0 Å². The van der Waals surface area contributed by atoms with Crippen LogP contribution >= 0.6 is 0 Å². The van der Waals surface area contributed by atoms with Crippen molar-refractivity contribution in [2.24, 2.45) is 0 Å². The second kappa shape index (κ2) is 9.68. The molecule has 7 nitrogen and oxygen atoms in total. The lowest BCUT2D eigenvalue weighted by Gasteiger charge is -2.11. The first kappa shape index (κ1) is 26.1. The lowest BCUT2D eigenvalue weighted by molar-refractivity contribution is -0.142. The van der Waals surface area contributed by atoms with Crippen LogP contribution in [0.2, 0.25) is 0 Å². The monoisotopic (exact) mass is 532 g/mol. The highest BCUT2D eigenvalue weighted by Crippen LogP contribution is 2.33. The Morgan fingerprint density at radius 1 is 0.923 bits per heavy atom. The van der Waals surface area contributed by atoms with Crippen molar-refractivity contribution in [3.05, 3.63) is 99.6 Å². The number of aryl methyl sites for hydroxylation is 4. The van der Waals surface area contributed by atoms with Crippen LogP contribution in [0.5, 0.6) is 0 Å². The molecule has 0 aliphatic rings. The molecule has 1 amide bonds. The molecule has 2 aromatic carbocycles. The molecule has 0 bridgehead atoms. The van der Waals surface area contributed by atoms with Crippen LogP contribution in [0.15, 0.2) is 54.6 Å². The maximum atomic E-state index is 14.0. The minimum atomic E-state index is -4.71. The highest BCUT2D eigenvalue weighted by atomic mass is 19.4. The van der Waals surface area contributed by atoms with Crippen molar-refractivity contribution < 1.29 is 18.0 Å². The van der Waals surface area contributed by atoms with Gasteiger partial charge in [0.1, 0.15) is 0 Å². The third-order valence-electron chi connectivity index (χ3n) is 6.79. The molecule has 3 aromatic heterocycles. The Balaban J connectivity index is 1.49. The van der Waals surface area contributed by atoms with Crippen molar-refractivity contribution >= 4 is 17.2 Å². The van der Waals surface area contributed by atoms with Crippen molar-refractivity contribution in [3.8, 4) is 11.3 Å². The fraction of sp³-hybridized carbons (Fsp3) is 0.241. The molecule has 0 aliphatic carbocycles. The fourth-order valence-corrected chi connectivity index (χ4v) is 4.53. The van der Waals surface area contributed by atoms with Crippen molar-refractivity contribution in [2.45, 2.75) is 47.3 Å². The molecule has 39 heavy (non-hydrogen) atoms. The average molecular weight is 533 g/mol. The third-order valence-corrected chi connectivity index (χ3v) is 6.79. The van der Waals surface area contributed by atoms with Gasteiger partial charge in [-0.25, -0.2) is 9.50 Å². The van der Waals surface area contributed by atoms with Crippen molar-refractivity contribution in [1.82, 2.24) is 24.4 Å². The summed E-state index contributed by atoms with van der Waals surface area (Å²) in [4.78, 5) is 17.6. The summed E-state index contributed by atoms with van der Waals surface area (Å²) in [7, 11) is 0. The van der Waals surface area contributed by atoms with Gasteiger partial charge in [0.05, 0.1) is 29.3 Å². The van der Waals surface area contributed by atoms with E-state index in [0.29, 0.717) is 28.0 Å². The number of fused-ring (bicyclic) bond motifs is 1. The molecule has 0 spiro atoms. The van der Waals surface area contributed by atoms with Gasteiger partial charge in [0.25, 0.3) is 5.91 Å². The van der Waals surface area contributed by atoms with Crippen molar-refractivity contribution in [1.29, 1.82) is 0 Å². The minimum absolute atomic E-state index is 0.0770. The number of hydrogen-bond acceptors (Lipinski definition) is 4. The van der Waals surface area contributed by atoms with E-state index in [1.165, 1.54) is 6.07 Å². The summed E-state index contributed by atoms with van der Waals surface area (Å²) in [5, 5.41) is 11.3. The number of nitrogens with zero attached hydrogens (tertiary/aromatic N) is 5. The molecule has 3 heterocycles. The topological polar surface area (TPSA) is 77.1 Å². The number of benzene rings is 2. The quantitative estimate of drug-likeness (QED) is 0.282. The molecule has 0 aliphatic heterocycles. The lowest BCUT2D eigenvalue weighted by atomic mass is 10.0. The Morgan fingerprint density at radius 2 is 1.69 bits per heavy atom. The van der Waals surface area contributed by atoms with Crippen LogP contribution in [0.25, 0.3) is 16.9 Å². The summed E-state index contributed by atoms with van der Waals surface area (Å²) in [5.41, 5.74) is 5.35. The van der Waals surface area contributed by atoms with E-state index < -0.39 is 17.8 Å². The Kier molecular flexibility index (Phi) is 6.49. The number of anilines is 1. The molecule has 200 valence electrons. The summed E-state index contributed by atoms with van der Waals surface area (Å²) in [6.45, 7) is 9.92. The molecule has 0 atom stereocenters. The first-order chi connectivity index (χ1) is 18.4. The molecule has 5 aromatic rings. The first-order valence-corrected chi connectivity index (χ1v) is 12.4. The van der Waals surface area contributed by atoms with Crippen LogP contribution < -0.4 is 5.32 Å². The van der Waals surface area contributed by atoms with E-state index in [0.717, 1.165) is 34.0 Å². The minimum Gasteiger partial charge on any atom is -0.317 e. The molecule has 0 saturated heterocycles. The van der Waals surface area contributed by atoms with Crippen LogP contribution in [0.1, 0.15) is 49.8 Å². The Hall–Kier alpha value is -4.47. The summed E-state index contributed by atoms with van der Waals surface area (Å²) in [6, 6.07) is 15.6. The van der Waals surface area contributed by atoms with Gasteiger partial charge < -0.3 is 5.32 Å². The number of halogens is 3. The molecule has 0 fully saturated rings. The zero-order valence-electron chi connectivity index (χ0n) is 22.2. The zero-order chi connectivity index (χ0) is 28.1. The molecular weight excluding hydrogens is 505 g/mol. The van der Waals surface area contributed by atoms with Crippen LogP contribution in [-0.2, 0) is 12.7 Å². The largest absolute Gasteiger partial charge is 0.433 e. The lowest BCUT2D eigenvalue weighted by Crippen LogP contribution is -2.16. The second-order valence-corrected chi connectivity index (χ2v) is 9.77. The van der Waals surface area contributed by atoms with Crippen LogP contribution in [-0.4, -0.2) is 30.3 Å². The SMILES string of the molecule is Cc1cccc(Cn2nc(C)c(NC(=O)c3cc4nc(-c5ccc(C)c(C)c5)cc(C(F)(F)F)n4n3)c2C)c1. The van der Waals surface area contributed by atoms with Gasteiger partial charge in [-0.3, -0.25) is 9.48 Å². The molecule has 1 N–H and O–H groups in total. The van der Waals surface area contributed by atoms with E-state index in [9.17, 15) is 18.0 Å². The molecular formula is C29H27F3N6O. The highest BCUT2D eigenvalue weighted by molar-refractivity contribution is 6.04. The Morgan fingerprint density at radius 3 is 2.38 bits per heavy atom. The standard InChI is InChI=1S/C29H27F3N6O/c1-16-7-6-8-21(11-16)15-37-20(5)27(19(4)35-37)34-28(39)24-14-26-33-23(22-10-9-17(2)18(3)12-22)13-25(29(30,31)32)38(26)36-24/h6-14H,15H2,1-5H3,(H,34,39). The molecule has 0 saturated carbocycles. The summed E-state index contributed by atoms with van der Waals surface area (Å²) >= 11 is 0. The van der Waals surface area contributed by atoms with E-state index in [4.69, 9.17) is 0 Å². The normalized spacial score (nSPS) is 11.8.